The van der Waals surface area contributed by atoms with Crippen LogP contribution >= 0.6 is 0 Å². The topological polar surface area (TPSA) is 98.6 Å². The Bertz CT molecular complexity index is 1400. The van der Waals surface area contributed by atoms with Gasteiger partial charge in [-0.2, -0.15) is 10.2 Å². The molecule has 0 N–H and O–H groups in total. The second-order valence-electron chi connectivity index (χ2n) is 17.2. The molecule has 1 aromatic rings. The van der Waals surface area contributed by atoms with E-state index in [-0.39, 0.29) is 41.9 Å². The molecule has 2 aliphatic carbocycles. The summed E-state index contributed by atoms with van der Waals surface area (Å²) in [4.78, 5) is 25.1. The van der Waals surface area contributed by atoms with Crippen LogP contribution in [-0.2, 0) is 38.5 Å². The molecule has 10 nitrogen and oxygen atoms in total. The number of ether oxygens (including phenoxy) is 4. The van der Waals surface area contributed by atoms with Crippen LogP contribution in [0.3, 0.4) is 0 Å². The Labute approximate surface area is 284 Å². The van der Waals surface area contributed by atoms with Crippen LogP contribution < -0.4 is 0 Å². The van der Waals surface area contributed by atoms with E-state index in [1.807, 2.05) is 44.2 Å². The first kappa shape index (κ1) is 32.4. The van der Waals surface area contributed by atoms with Crippen LogP contribution in [0.25, 0.3) is 0 Å². The van der Waals surface area contributed by atoms with E-state index in [0.717, 1.165) is 50.6 Å². The second kappa shape index (κ2) is 11.5. The van der Waals surface area contributed by atoms with Gasteiger partial charge in [0.2, 0.25) is 11.6 Å². The van der Waals surface area contributed by atoms with E-state index in [0.29, 0.717) is 30.1 Å². The smallest absolute Gasteiger partial charge is 0.201 e. The molecule has 10 heteroatoms. The maximum Gasteiger partial charge on any atom is 0.201 e. The number of fused-ring (bicyclic) bond motifs is 4. The molecule has 0 radical (unpaired) electrons. The predicted molar refractivity (Wildman–Crippen MR) is 173 cm³/mol. The van der Waals surface area contributed by atoms with Gasteiger partial charge < -0.3 is 18.9 Å². The van der Waals surface area contributed by atoms with Crippen molar-refractivity contribution in [3.05, 3.63) is 30.3 Å². The highest BCUT2D eigenvalue weighted by Gasteiger charge is 2.71. The number of hydrogen-bond acceptors (Lipinski definition) is 10. The molecule has 4 bridgehead atoms. The van der Waals surface area contributed by atoms with E-state index in [2.05, 4.69) is 27.7 Å². The van der Waals surface area contributed by atoms with Gasteiger partial charge >= 0.3 is 0 Å². The van der Waals surface area contributed by atoms with Crippen molar-refractivity contribution >= 4 is 5.69 Å². The molecule has 8 heterocycles. The van der Waals surface area contributed by atoms with Crippen molar-refractivity contribution in [2.24, 2.45) is 57.6 Å². The Balaban J connectivity index is 1.06. The molecule has 1 unspecified atom stereocenters. The fourth-order valence-corrected chi connectivity index (χ4v) is 11.7. The van der Waals surface area contributed by atoms with Gasteiger partial charge in [0.25, 0.3) is 0 Å². The highest BCUT2D eigenvalue weighted by atomic mass is 17.3. The molecule has 264 valence electrons. The first-order valence-corrected chi connectivity index (χ1v) is 18.9. The summed E-state index contributed by atoms with van der Waals surface area (Å²) < 4.78 is 27.7. The van der Waals surface area contributed by atoms with Crippen LogP contribution in [0.1, 0.15) is 99.3 Å². The zero-order valence-corrected chi connectivity index (χ0v) is 29.4. The lowest BCUT2D eigenvalue weighted by Gasteiger charge is -2.62. The Kier molecular flexibility index (Phi) is 7.77. The lowest BCUT2D eigenvalue weighted by atomic mass is 9.56. The van der Waals surface area contributed by atoms with Gasteiger partial charge in [0.05, 0.1) is 17.9 Å². The normalized spacial score (nSPS) is 54.6. The largest absolute Gasteiger partial charge is 0.346 e. The number of hydrogen-bond donors (Lipinski definition) is 0. The molecule has 8 aliphatic heterocycles. The first-order chi connectivity index (χ1) is 23.1. The molecule has 2 spiro atoms. The van der Waals surface area contributed by atoms with E-state index in [9.17, 15) is 0 Å². The Morgan fingerprint density at radius 2 is 1.23 bits per heavy atom. The molecule has 2 saturated carbocycles. The van der Waals surface area contributed by atoms with Gasteiger partial charge in [-0.05, 0) is 100 Å². The molecule has 8 saturated heterocycles. The minimum atomic E-state index is -0.831. The summed E-state index contributed by atoms with van der Waals surface area (Å²) in [6.45, 7) is 13.3. The van der Waals surface area contributed by atoms with Gasteiger partial charge in [-0.15, -0.1) is 0 Å². The molecule has 48 heavy (non-hydrogen) atoms. The summed E-state index contributed by atoms with van der Waals surface area (Å²) in [6, 6.07) is 9.71. The van der Waals surface area contributed by atoms with Crippen molar-refractivity contribution in [2.45, 2.75) is 153 Å². The van der Waals surface area contributed by atoms with E-state index >= 15 is 0 Å². The molecule has 0 amide bonds. The van der Waals surface area contributed by atoms with Gasteiger partial charge in [-0.3, -0.25) is 0 Å². The standard InChI is InChI=1S/C38H54N2O8/c1-21-12-14-28-23(3)31(41-33-37(28)26(21)16-18-35(5,43-33)45-47-37)20-30(40-39-25-10-8-7-9-11-25)32-24(4)29-15-13-22(2)27-17-19-36(6)44-34(42-32)38(27,29)48-46-36/h7-11,21-24,26-34H,12-20H2,1-6H3/t21-,22-,23-,24-,26+,27+,28+,29+,30?,31-,32+,33-,34-,35+,36+,37-,38-/m1/s1. The van der Waals surface area contributed by atoms with Crippen molar-refractivity contribution in [1.82, 2.24) is 0 Å². The van der Waals surface area contributed by atoms with Crippen molar-refractivity contribution in [1.29, 1.82) is 0 Å². The third kappa shape index (κ3) is 4.72. The summed E-state index contributed by atoms with van der Waals surface area (Å²) in [5.74, 6) is 0.808. The molecular formula is C38H54N2O8. The van der Waals surface area contributed by atoms with Gasteiger partial charge in [0.1, 0.15) is 6.04 Å². The van der Waals surface area contributed by atoms with E-state index in [4.69, 9.17) is 48.7 Å². The van der Waals surface area contributed by atoms with Crippen LogP contribution in [0, 0.1) is 47.3 Å². The average molecular weight is 667 g/mol. The van der Waals surface area contributed by atoms with Crippen molar-refractivity contribution in [3.63, 3.8) is 0 Å². The summed E-state index contributed by atoms with van der Waals surface area (Å²) >= 11 is 0. The molecular weight excluding hydrogens is 612 g/mol. The Morgan fingerprint density at radius 1 is 0.667 bits per heavy atom. The Hall–Kier alpha value is -1.50. The van der Waals surface area contributed by atoms with Gasteiger partial charge in [0.15, 0.2) is 23.8 Å². The fraction of sp³-hybridized carbons (Fsp3) is 0.842. The minimum absolute atomic E-state index is 0.125. The SMILES string of the molecule is C[C@H]1[C@@H](C(C[C@H]2O[C@@H]3O[C@]4(C)CC[C@H]5[C@H](C)CC[C@@H]([C@H]2C)[C@@]35OO4)N=Nc2ccccc2)O[C@@H]2O[C@]3(C)CC[C@H]4[C@H](C)CC[C@@H]1[C@@]24OO3. The molecule has 11 rings (SSSR count). The quantitative estimate of drug-likeness (QED) is 0.230. The molecule has 0 aromatic heterocycles. The van der Waals surface area contributed by atoms with E-state index < -0.39 is 35.4 Å². The fourth-order valence-electron chi connectivity index (χ4n) is 11.7. The highest BCUT2D eigenvalue weighted by molar-refractivity contribution is 5.34. The van der Waals surface area contributed by atoms with Crippen molar-refractivity contribution in [3.8, 4) is 0 Å². The minimum Gasteiger partial charge on any atom is -0.346 e. The average Bonchev–Trinajstić information content (AvgIpc) is 3.45. The zero-order chi connectivity index (χ0) is 33.1. The van der Waals surface area contributed by atoms with Crippen LogP contribution in [0.5, 0.6) is 0 Å². The number of benzene rings is 1. The molecule has 1 aromatic carbocycles. The third-order valence-corrected chi connectivity index (χ3v) is 14.4. The van der Waals surface area contributed by atoms with Crippen LogP contribution in [0.4, 0.5) is 5.69 Å². The van der Waals surface area contributed by atoms with Crippen molar-refractivity contribution < 1.29 is 38.5 Å². The van der Waals surface area contributed by atoms with E-state index in [1.165, 1.54) is 6.42 Å². The molecule has 10 aliphatic rings. The summed E-state index contributed by atoms with van der Waals surface area (Å²) in [5, 5.41) is 9.94. The van der Waals surface area contributed by atoms with Gasteiger partial charge in [0, 0.05) is 31.1 Å². The zero-order valence-electron chi connectivity index (χ0n) is 29.4. The predicted octanol–water partition coefficient (Wildman–Crippen LogP) is 8.03. The summed E-state index contributed by atoms with van der Waals surface area (Å²) in [6.07, 6.45) is 7.27. The third-order valence-electron chi connectivity index (χ3n) is 14.4. The summed E-state index contributed by atoms with van der Waals surface area (Å²) in [5.41, 5.74) is -0.397. The van der Waals surface area contributed by atoms with Crippen LogP contribution in [-0.4, -0.2) is 53.6 Å². The lowest BCUT2D eigenvalue weighted by Crippen LogP contribution is -2.72. The number of nitrogens with zero attached hydrogens (tertiary/aromatic N) is 2. The monoisotopic (exact) mass is 666 g/mol. The van der Waals surface area contributed by atoms with Gasteiger partial charge in [-0.1, -0.05) is 45.9 Å². The van der Waals surface area contributed by atoms with Crippen LogP contribution in [0.15, 0.2) is 40.6 Å². The second-order valence-corrected chi connectivity index (χ2v) is 17.2. The van der Waals surface area contributed by atoms with Crippen LogP contribution in [0.2, 0.25) is 0 Å². The molecule has 17 atom stereocenters. The maximum atomic E-state index is 7.16. The Morgan fingerprint density at radius 3 is 1.83 bits per heavy atom. The summed E-state index contributed by atoms with van der Waals surface area (Å²) in [7, 11) is 0. The van der Waals surface area contributed by atoms with Gasteiger partial charge in [-0.25, -0.2) is 19.6 Å². The number of rotatable bonds is 5. The lowest BCUT2D eigenvalue weighted by molar-refractivity contribution is -0.573. The first-order valence-electron chi connectivity index (χ1n) is 18.9. The number of azo groups is 1. The maximum absolute atomic E-state index is 7.16. The van der Waals surface area contributed by atoms with Crippen molar-refractivity contribution in [2.75, 3.05) is 0 Å². The highest BCUT2D eigenvalue weighted by Crippen LogP contribution is 2.63. The molecule has 10 fully saturated rings. The van der Waals surface area contributed by atoms with E-state index in [1.54, 1.807) is 0 Å².